The zero-order valence-corrected chi connectivity index (χ0v) is 13.9. The van der Waals surface area contributed by atoms with Gasteiger partial charge in [0.2, 0.25) is 0 Å². The van der Waals surface area contributed by atoms with Crippen molar-refractivity contribution in [1.82, 2.24) is 9.78 Å². The Morgan fingerprint density at radius 1 is 1.26 bits per heavy atom. The van der Waals surface area contributed by atoms with E-state index in [2.05, 4.69) is 44.2 Å². The number of hydrogen-bond donors (Lipinski definition) is 0. The molecule has 0 fully saturated rings. The molecule has 3 atom stereocenters. The summed E-state index contributed by atoms with van der Waals surface area (Å²) in [4.78, 5) is 12.1. The van der Waals surface area contributed by atoms with Crippen LogP contribution in [0.5, 0.6) is 0 Å². The number of aromatic nitrogens is 2. The summed E-state index contributed by atoms with van der Waals surface area (Å²) < 4.78 is 2.02. The van der Waals surface area contributed by atoms with Crippen LogP contribution in [0.3, 0.4) is 0 Å². The molecule has 0 amide bonds. The highest BCUT2D eigenvalue weighted by atomic mass is 16.1. The Bertz CT molecular complexity index is 803. The SMILES string of the molecule is C[C@@H]1C(=O)C=C[C@]2(C)c3nn(C)c(-c4ccccc4)c3CC[C@@H]12. The van der Waals surface area contributed by atoms with E-state index in [-0.39, 0.29) is 17.1 Å². The van der Waals surface area contributed by atoms with Crippen molar-refractivity contribution in [3.05, 3.63) is 53.7 Å². The lowest BCUT2D eigenvalue weighted by Gasteiger charge is -2.43. The fraction of sp³-hybridized carbons (Fsp3) is 0.400. The topological polar surface area (TPSA) is 34.9 Å². The molecule has 0 spiro atoms. The van der Waals surface area contributed by atoms with Gasteiger partial charge in [-0.05, 0) is 24.8 Å². The first-order valence-electron chi connectivity index (χ1n) is 8.37. The van der Waals surface area contributed by atoms with Gasteiger partial charge in [0.15, 0.2) is 5.78 Å². The second-order valence-electron chi connectivity index (χ2n) is 7.12. The first kappa shape index (κ1) is 14.4. The average Bonchev–Trinajstić information content (AvgIpc) is 2.90. The first-order chi connectivity index (χ1) is 11.0. The highest BCUT2D eigenvalue weighted by Crippen LogP contribution is 2.49. The molecule has 2 aliphatic carbocycles. The summed E-state index contributed by atoms with van der Waals surface area (Å²) >= 11 is 0. The number of carbonyl (C=O) groups is 1. The van der Waals surface area contributed by atoms with Gasteiger partial charge in [-0.2, -0.15) is 5.10 Å². The van der Waals surface area contributed by atoms with Crippen molar-refractivity contribution in [2.75, 3.05) is 0 Å². The zero-order valence-electron chi connectivity index (χ0n) is 13.9. The standard InChI is InChI=1S/C20H22N2O/c1-13-16-10-9-15-18(14-7-5-4-6-8-14)22(3)21-19(15)20(16,2)12-11-17(13)23/h4-8,11-13,16H,9-10H2,1-3H3/t13-,16-,20-/m0/s1. The van der Waals surface area contributed by atoms with Crippen LogP contribution >= 0.6 is 0 Å². The van der Waals surface area contributed by atoms with Crippen LogP contribution in [0.15, 0.2) is 42.5 Å². The van der Waals surface area contributed by atoms with Gasteiger partial charge in [-0.3, -0.25) is 9.48 Å². The Morgan fingerprint density at radius 2 is 2.00 bits per heavy atom. The summed E-state index contributed by atoms with van der Waals surface area (Å²) in [6.07, 6.45) is 5.91. The molecule has 3 heteroatoms. The number of fused-ring (bicyclic) bond motifs is 3. The molecule has 118 valence electrons. The molecule has 0 bridgehead atoms. The maximum absolute atomic E-state index is 12.1. The van der Waals surface area contributed by atoms with Crippen LogP contribution < -0.4 is 0 Å². The van der Waals surface area contributed by atoms with Crippen molar-refractivity contribution in [2.24, 2.45) is 18.9 Å². The van der Waals surface area contributed by atoms with E-state index in [4.69, 9.17) is 5.10 Å². The monoisotopic (exact) mass is 306 g/mol. The minimum atomic E-state index is -0.133. The van der Waals surface area contributed by atoms with E-state index in [1.54, 1.807) is 6.08 Å². The molecule has 3 nitrogen and oxygen atoms in total. The van der Waals surface area contributed by atoms with E-state index < -0.39 is 0 Å². The largest absolute Gasteiger partial charge is 0.295 e. The van der Waals surface area contributed by atoms with Crippen LogP contribution in [0.1, 0.15) is 31.5 Å². The second-order valence-corrected chi connectivity index (χ2v) is 7.12. The number of allylic oxidation sites excluding steroid dienone is 2. The van der Waals surface area contributed by atoms with Gasteiger partial charge in [-0.25, -0.2) is 0 Å². The van der Waals surface area contributed by atoms with Gasteiger partial charge in [0.05, 0.1) is 11.4 Å². The summed E-state index contributed by atoms with van der Waals surface area (Å²) in [6, 6.07) is 10.5. The normalized spacial score (nSPS) is 29.3. The number of rotatable bonds is 1. The van der Waals surface area contributed by atoms with Crippen molar-refractivity contribution in [3.63, 3.8) is 0 Å². The molecule has 4 rings (SSSR count). The summed E-state index contributed by atoms with van der Waals surface area (Å²) in [5.41, 5.74) is 4.81. The fourth-order valence-electron chi connectivity index (χ4n) is 4.55. The van der Waals surface area contributed by atoms with Gasteiger partial charge in [0, 0.05) is 29.5 Å². The Labute approximate surface area is 137 Å². The third-order valence-electron chi connectivity index (χ3n) is 5.82. The Balaban J connectivity index is 1.91. The summed E-state index contributed by atoms with van der Waals surface area (Å²) in [5, 5.41) is 4.90. The molecule has 1 aromatic heterocycles. The van der Waals surface area contributed by atoms with Crippen molar-refractivity contribution < 1.29 is 4.79 Å². The molecule has 1 aromatic carbocycles. The summed E-state index contributed by atoms with van der Waals surface area (Å²) in [6.45, 7) is 4.32. The molecule has 1 heterocycles. The number of ketones is 1. The molecule has 2 aromatic rings. The minimum absolute atomic E-state index is 0.0836. The number of carbonyl (C=O) groups excluding carboxylic acids is 1. The van der Waals surface area contributed by atoms with Gasteiger partial charge in [0.1, 0.15) is 0 Å². The molecule has 0 saturated heterocycles. The van der Waals surface area contributed by atoms with Gasteiger partial charge in [-0.15, -0.1) is 0 Å². The van der Waals surface area contributed by atoms with E-state index in [0.717, 1.165) is 18.5 Å². The number of nitrogens with zero attached hydrogens (tertiary/aromatic N) is 2. The van der Waals surface area contributed by atoms with Crippen LogP contribution in [0.4, 0.5) is 0 Å². The summed E-state index contributed by atoms with van der Waals surface area (Å²) in [5.74, 6) is 0.696. The average molecular weight is 306 g/mol. The number of hydrogen-bond acceptors (Lipinski definition) is 2. The van der Waals surface area contributed by atoms with Crippen molar-refractivity contribution in [3.8, 4) is 11.3 Å². The Hall–Kier alpha value is -2.16. The fourth-order valence-corrected chi connectivity index (χ4v) is 4.55. The highest BCUT2D eigenvalue weighted by Gasteiger charge is 2.47. The maximum atomic E-state index is 12.1. The third-order valence-corrected chi connectivity index (χ3v) is 5.82. The third kappa shape index (κ3) is 1.95. The van der Waals surface area contributed by atoms with Crippen LogP contribution in [-0.4, -0.2) is 15.6 Å². The van der Waals surface area contributed by atoms with E-state index in [0.29, 0.717) is 5.92 Å². The van der Waals surface area contributed by atoms with Gasteiger partial charge >= 0.3 is 0 Å². The minimum Gasteiger partial charge on any atom is -0.295 e. The van der Waals surface area contributed by atoms with Crippen LogP contribution in [-0.2, 0) is 23.7 Å². The maximum Gasteiger partial charge on any atom is 0.158 e. The molecule has 0 unspecified atom stereocenters. The summed E-state index contributed by atoms with van der Waals surface area (Å²) in [7, 11) is 2.03. The molecule has 0 aliphatic heterocycles. The van der Waals surface area contributed by atoms with E-state index >= 15 is 0 Å². The number of benzene rings is 1. The van der Waals surface area contributed by atoms with Crippen LogP contribution in [0, 0.1) is 11.8 Å². The molecular formula is C20H22N2O. The number of aryl methyl sites for hydroxylation is 1. The quantitative estimate of drug-likeness (QED) is 0.805. The van der Waals surface area contributed by atoms with Gasteiger partial charge in [0.25, 0.3) is 0 Å². The smallest absolute Gasteiger partial charge is 0.158 e. The van der Waals surface area contributed by atoms with Crippen molar-refractivity contribution in [1.29, 1.82) is 0 Å². The van der Waals surface area contributed by atoms with Crippen molar-refractivity contribution >= 4 is 5.78 Å². The molecule has 2 aliphatic rings. The molecule has 23 heavy (non-hydrogen) atoms. The Morgan fingerprint density at radius 3 is 2.74 bits per heavy atom. The molecule has 0 radical (unpaired) electrons. The van der Waals surface area contributed by atoms with Gasteiger partial charge < -0.3 is 0 Å². The van der Waals surface area contributed by atoms with Crippen LogP contribution in [0.2, 0.25) is 0 Å². The van der Waals surface area contributed by atoms with Gasteiger partial charge in [-0.1, -0.05) is 50.3 Å². The molecule has 0 saturated carbocycles. The molecular weight excluding hydrogens is 284 g/mol. The second kappa shape index (κ2) is 4.92. The highest BCUT2D eigenvalue weighted by molar-refractivity contribution is 5.93. The zero-order chi connectivity index (χ0) is 16.2. The predicted octanol–water partition coefficient (Wildman–Crippen LogP) is 3.68. The predicted molar refractivity (Wildman–Crippen MR) is 91.1 cm³/mol. The molecule has 0 N–H and O–H groups in total. The van der Waals surface area contributed by atoms with Crippen molar-refractivity contribution in [2.45, 2.75) is 32.1 Å². The lowest BCUT2D eigenvalue weighted by atomic mass is 9.59. The van der Waals surface area contributed by atoms with Crippen LogP contribution in [0.25, 0.3) is 11.3 Å². The van der Waals surface area contributed by atoms with E-state index in [9.17, 15) is 4.79 Å². The lowest BCUT2D eigenvalue weighted by molar-refractivity contribution is -0.120. The Kier molecular flexibility index (Phi) is 3.09. The first-order valence-corrected chi connectivity index (χ1v) is 8.37. The lowest BCUT2D eigenvalue weighted by Crippen LogP contribution is -2.43. The van der Waals surface area contributed by atoms with E-state index in [1.165, 1.54) is 16.8 Å². The van der Waals surface area contributed by atoms with E-state index in [1.807, 2.05) is 17.8 Å².